The molecule has 1 N–H and O–H groups in total. The minimum atomic E-state index is 0.153. The monoisotopic (exact) mass is 335 g/mol. The molecule has 0 bridgehead atoms. The Morgan fingerprint density at radius 2 is 1.67 bits per heavy atom. The summed E-state index contributed by atoms with van der Waals surface area (Å²) in [6.45, 7) is 4.30. The van der Waals surface area contributed by atoms with Crippen LogP contribution in [0.1, 0.15) is 23.4 Å². The number of nitrogens with one attached hydrogen (secondary N) is 1. The van der Waals surface area contributed by atoms with Crippen LogP contribution in [0.25, 0.3) is 10.1 Å². The quantitative estimate of drug-likeness (QED) is 0.562. The maximum atomic E-state index is 6.24. The molecule has 1 unspecified atom stereocenters. The Labute approximate surface area is 138 Å². The smallest absolute Gasteiger partial charge is 0.0723 e. The third kappa shape index (κ3) is 2.76. The minimum absolute atomic E-state index is 0.153. The number of hydrogen-bond acceptors (Lipinski definition) is 2. The zero-order valence-corrected chi connectivity index (χ0v) is 14.1. The molecule has 0 aliphatic heterocycles. The first kappa shape index (κ1) is 14.7. The highest BCUT2D eigenvalue weighted by atomic mass is 35.5. The van der Waals surface area contributed by atoms with Gasteiger partial charge in [-0.2, -0.15) is 0 Å². The lowest BCUT2D eigenvalue weighted by atomic mass is 10.1. The third-order valence-corrected chi connectivity index (χ3v) is 5.68. The van der Waals surface area contributed by atoms with Gasteiger partial charge in [-0.3, -0.25) is 0 Å². The van der Waals surface area contributed by atoms with Crippen LogP contribution in [0, 0.1) is 6.92 Å². The van der Waals surface area contributed by atoms with Crippen LogP contribution < -0.4 is 5.32 Å². The van der Waals surface area contributed by atoms with Crippen molar-refractivity contribution in [1.82, 2.24) is 0 Å². The second-order valence-corrected chi connectivity index (χ2v) is 6.95. The molecule has 3 rings (SSSR count). The van der Waals surface area contributed by atoms with Gasteiger partial charge in [0, 0.05) is 9.58 Å². The van der Waals surface area contributed by atoms with Gasteiger partial charge in [0.2, 0.25) is 0 Å². The molecule has 0 aliphatic rings. The van der Waals surface area contributed by atoms with Crippen molar-refractivity contribution in [2.45, 2.75) is 19.9 Å². The highest BCUT2D eigenvalue weighted by Gasteiger charge is 2.16. The van der Waals surface area contributed by atoms with Gasteiger partial charge in [-0.1, -0.05) is 47.5 Å². The molecule has 4 heteroatoms. The van der Waals surface area contributed by atoms with E-state index in [9.17, 15) is 0 Å². The van der Waals surface area contributed by atoms with Crippen molar-refractivity contribution in [2.24, 2.45) is 0 Å². The van der Waals surface area contributed by atoms with Crippen molar-refractivity contribution in [1.29, 1.82) is 0 Å². The summed E-state index contributed by atoms with van der Waals surface area (Å²) in [5.41, 5.74) is 2.11. The van der Waals surface area contributed by atoms with E-state index in [0.29, 0.717) is 10.0 Å². The molecule has 0 amide bonds. The fourth-order valence-electron chi connectivity index (χ4n) is 2.52. The van der Waals surface area contributed by atoms with E-state index in [1.54, 1.807) is 0 Å². The molecule has 0 spiro atoms. The number of anilines is 1. The van der Waals surface area contributed by atoms with Gasteiger partial charge in [-0.25, -0.2) is 0 Å². The van der Waals surface area contributed by atoms with E-state index in [0.717, 1.165) is 5.69 Å². The predicted molar refractivity (Wildman–Crippen MR) is 95.1 cm³/mol. The number of benzene rings is 2. The summed E-state index contributed by atoms with van der Waals surface area (Å²) < 4.78 is 1.31. The lowest BCUT2D eigenvalue weighted by molar-refractivity contribution is 0.901. The van der Waals surface area contributed by atoms with Crippen molar-refractivity contribution in [3.63, 3.8) is 0 Å². The summed E-state index contributed by atoms with van der Waals surface area (Å²) in [5, 5.41) is 6.05. The number of thiophene rings is 1. The van der Waals surface area contributed by atoms with Crippen LogP contribution >= 0.6 is 34.5 Å². The van der Waals surface area contributed by atoms with Crippen LogP contribution in [0.2, 0.25) is 10.0 Å². The van der Waals surface area contributed by atoms with Gasteiger partial charge in [-0.15, -0.1) is 11.3 Å². The summed E-state index contributed by atoms with van der Waals surface area (Å²) in [6, 6.07) is 14.2. The van der Waals surface area contributed by atoms with Crippen LogP contribution in [0.3, 0.4) is 0 Å². The second kappa shape index (κ2) is 5.88. The van der Waals surface area contributed by atoms with Crippen LogP contribution in [-0.4, -0.2) is 0 Å². The molecule has 0 saturated heterocycles. The topological polar surface area (TPSA) is 12.0 Å². The summed E-state index contributed by atoms with van der Waals surface area (Å²) in [7, 11) is 0. The van der Waals surface area contributed by atoms with Gasteiger partial charge < -0.3 is 5.32 Å². The average Bonchev–Trinajstić information content (AvgIpc) is 2.81. The maximum Gasteiger partial charge on any atom is 0.0723 e. The summed E-state index contributed by atoms with van der Waals surface area (Å²) in [5.74, 6) is 0. The third-order valence-electron chi connectivity index (χ3n) is 3.60. The lowest BCUT2D eigenvalue weighted by Crippen LogP contribution is -2.07. The molecular weight excluding hydrogens is 321 g/mol. The molecule has 21 heavy (non-hydrogen) atoms. The standard InChI is InChI=1S/C17H15Cl2NS/c1-10-12-6-3-4-9-15(12)21-17(10)11(2)20-16-13(18)7-5-8-14(16)19/h3-9,11,20H,1-2H3. The molecule has 1 heterocycles. The molecule has 1 nitrogen and oxygen atoms in total. The van der Waals surface area contributed by atoms with Gasteiger partial charge in [-0.05, 0) is 43.0 Å². The van der Waals surface area contributed by atoms with Gasteiger partial charge >= 0.3 is 0 Å². The van der Waals surface area contributed by atoms with Crippen molar-refractivity contribution in [2.75, 3.05) is 5.32 Å². The van der Waals surface area contributed by atoms with E-state index in [1.165, 1.54) is 20.5 Å². The number of aryl methyl sites for hydroxylation is 1. The molecule has 1 atom stereocenters. The Morgan fingerprint density at radius 1 is 1.00 bits per heavy atom. The Morgan fingerprint density at radius 3 is 2.33 bits per heavy atom. The number of rotatable bonds is 3. The van der Waals surface area contributed by atoms with Crippen LogP contribution in [0.4, 0.5) is 5.69 Å². The molecule has 1 aromatic heterocycles. The molecular formula is C17H15Cl2NS. The van der Waals surface area contributed by atoms with Gasteiger partial charge in [0.25, 0.3) is 0 Å². The Balaban J connectivity index is 1.97. The molecule has 0 radical (unpaired) electrons. The first-order valence-corrected chi connectivity index (χ1v) is 8.33. The molecule has 0 aliphatic carbocycles. The number of halogens is 2. The normalized spacial score (nSPS) is 12.6. The second-order valence-electron chi connectivity index (χ2n) is 5.05. The Hall–Kier alpha value is -1.22. The van der Waals surface area contributed by atoms with Crippen LogP contribution in [0.15, 0.2) is 42.5 Å². The van der Waals surface area contributed by atoms with E-state index < -0.39 is 0 Å². The van der Waals surface area contributed by atoms with E-state index >= 15 is 0 Å². The van der Waals surface area contributed by atoms with E-state index in [4.69, 9.17) is 23.2 Å². The first-order chi connectivity index (χ1) is 10.1. The Bertz CT molecular complexity index is 774. The van der Waals surface area contributed by atoms with Crippen molar-refractivity contribution >= 4 is 50.3 Å². The summed E-state index contributed by atoms with van der Waals surface area (Å²) in [4.78, 5) is 1.31. The van der Waals surface area contributed by atoms with Crippen molar-refractivity contribution < 1.29 is 0 Å². The Kier molecular flexibility index (Phi) is 4.12. The summed E-state index contributed by atoms with van der Waals surface area (Å²) >= 11 is 14.3. The number of para-hydroxylation sites is 1. The minimum Gasteiger partial charge on any atom is -0.375 e. The number of fused-ring (bicyclic) bond motifs is 1. The molecule has 3 aromatic rings. The van der Waals surface area contributed by atoms with E-state index in [1.807, 2.05) is 29.5 Å². The molecule has 0 fully saturated rings. The average molecular weight is 336 g/mol. The van der Waals surface area contributed by atoms with Crippen LogP contribution in [0.5, 0.6) is 0 Å². The van der Waals surface area contributed by atoms with Gasteiger partial charge in [0.1, 0.15) is 0 Å². The van der Waals surface area contributed by atoms with E-state index in [-0.39, 0.29) is 6.04 Å². The zero-order chi connectivity index (χ0) is 15.0. The van der Waals surface area contributed by atoms with Crippen molar-refractivity contribution in [3.8, 4) is 0 Å². The highest BCUT2D eigenvalue weighted by Crippen LogP contribution is 2.38. The predicted octanol–water partition coefficient (Wildman–Crippen LogP) is 6.69. The van der Waals surface area contributed by atoms with Crippen LogP contribution in [-0.2, 0) is 0 Å². The molecule has 2 aromatic carbocycles. The SMILES string of the molecule is Cc1c(C(C)Nc2c(Cl)cccc2Cl)sc2ccccc12. The van der Waals surface area contributed by atoms with E-state index in [2.05, 4.69) is 43.4 Å². The maximum absolute atomic E-state index is 6.24. The lowest BCUT2D eigenvalue weighted by Gasteiger charge is -2.17. The first-order valence-electron chi connectivity index (χ1n) is 6.76. The fraction of sp³-hybridized carbons (Fsp3) is 0.176. The van der Waals surface area contributed by atoms with Crippen molar-refractivity contribution in [3.05, 3.63) is 63.0 Å². The number of hydrogen-bond donors (Lipinski definition) is 1. The molecule has 0 saturated carbocycles. The zero-order valence-electron chi connectivity index (χ0n) is 11.8. The molecule has 108 valence electrons. The van der Waals surface area contributed by atoms with Gasteiger partial charge in [0.15, 0.2) is 0 Å². The summed E-state index contributed by atoms with van der Waals surface area (Å²) in [6.07, 6.45) is 0. The highest BCUT2D eigenvalue weighted by molar-refractivity contribution is 7.19. The largest absolute Gasteiger partial charge is 0.375 e. The fourth-order valence-corrected chi connectivity index (χ4v) is 4.24. The van der Waals surface area contributed by atoms with Gasteiger partial charge in [0.05, 0.1) is 21.8 Å².